The van der Waals surface area contributed by atoms with Crippen LogP contribution in [-0.4, -0.2) is 37.7 Å². The zero-order valence-electron chi connectivity index (χ0n) is 12.1. The highest BCUT2D eigenvalue weighted by molar-refractivity contribution is 6.30. The Bertz CT molecular complexity index is 371. The summed E-state index contributed by atoms with van der Waals surface area (Å²) < 4.78 is 5.14. The molecule has 4 heteroatoms. The lowest BCUT2D eigenvalue weighted by Crippen LogP contribution is -2.36. The SMILES string of the molecule is COCCN(CCC(N)c1cccc(Cl)c1)C(C)C. The second kappa shape index (κ2) is 8.54. The zero-order chi connectivity index (χ0) is 14.3. The van der Waals surface area contributed by atoms with E-state index in [-0.39, 0.29) is 6.04 Å². The number of hydrogen-bond donors (Lipinski definition) is 1. The van der Waals surface area contributed by atoms with E-state index in [9.17, 15) is 0 Å². The topological polar surface area (TPSA) is 38.5 Å². The summed E-state index contributed by atoms with van der Waals surface area (Å²) in [5.41, 5.74) is 7.32. The van der Waals surface area contributed by atoms with Gasteiger partial charge in [-0.1, -0.05) is 23.7 Å². The molecule has 0 bridgehead atoms. The summed E-state index contributed by atoms with van der Waals surface area (Å²) in [7, 11) is 1.73. The van der Waals surface area contributed by atoms with Crippen molar-refractivity contribution in [2.24, 2.45) is 5.73 Å². The Morgan fingerprint density at radius 3 is 2.63 bits per heavy atom. The molecule has 108 valence electrons. The summed E-state index contributed by atoms with van der Waals surface area (Å²) in [5, 5.41) is 0.744. The molecule has 0 fully saturated rings. The first kappa shape index (κ1) is 16.4. The van der Waals surface area contributed by atoms with Crippen LogP contribution >= 0.6 is 11.6 Å². The Kier molecular flexibility index (Phi) is 7.39. The second-order valence-corrected chi connectivity index (χ2v) is 5.51. The Morgan fingerprint density at radius 1 is 1.32 bits per heavy atom. The van der Waals surface area contributed by atoms with E-state index in [0.29, 0.717) is 6.04 Å². The van der Waals surface area contributed by atoms with Crippen LogP contribution in [0.5, 0.6) is 0 Å². The van der Waals surface area contributed by atoms with Gasteiger partial charge in [-0.05, 0) is 38.0 Å². The molecule has 0 saturated carbocycles. The molecule has 19 heavy (non-hydrogen) atoms. The molecule has 0 aliphatic heterocycles. The predicted octanol–water partition coefficient (Wildman–Crippen LogP) is 3.09. The van der Waals surface area contributed by atoms with Gasteiger partial charge >= 0.3 is 0 Å². The van der Waals surface area contributed by atoms with Gasteiger partial charge in [-0.15, -0.1) is 0 Å². The lowest BCUT2D eigenvalue weighted by molar-refractivity contribution is 0.127. The normalized spacial score (nSPS) is 13.2. The fraction of sp³-hybridized carbons (Fsp3) is 0.600. The Balaban J connectivity index is 2.49. The lowest BCUT2D eigenvalue weighted by atomic mass is 10.0. The van der Waals surface area contributed by atoms with E-state index in [4.69, 9.17) is 22.1 Å². The van der Waals surface area contributed by atoms with Crippen molar-refractivity contribution in [2.45, 2.75) is 32.4 Å². The van der Waals surface area contributed by atoms with Crippen molar-refractivity contribution in [3.05, 3.63) is 34.9 Å². The first-order valence-corrected chi connectivity index (χ1v) is 7.16. The van der Waals surface area contributed by atoms with Crippen LogP contribution < -0.4 is 5.73 Å². The molecule has 0 spiro atoms. The molecule has 1 atom stereocenters. The molecule has 3 nitrogen and oxygen atoms in total. The van der Waals surface area contributed by atoms with Crippen molar-refractivity contribution in [1.82, 2.24) is 4.90 Å². The van der Waals surface area contributed by atoms with E-state index in [0.717, 1.165) is 36.7 Å². The van der Waals surface area contributed by atoms with Crippen molar-refractivity contribution in [3.8, 4) is 0 Å². The first-order chi connectivity index (χ1) is 9.04. The van der Waals surface area contributed by atoms with Crippen LogP contribution in [0.2, 0.25) is 5.02 Å². The van der Waals surface area contributed by atoms with Gasteiger partial charge in [-0.3, -0.25) is 4.90 Å². The largest absolute Gasteiger partial charge is 0.383 e. The van der Waals surface area contributed by atoms with E-state index in [1.54, 1.807) is 7.11 Å². The summed E-state index contributed by atoms with van der Waals surface area (Å²) in [5.74, 6) is 0. The number of methoxy groups -OCH3 is 1. The molecule has 0 aromatic heterocycles. The standard InChI is InChI=1S/C15H25ClN2O/c1-12(2)18(9-10-19-3)8-7-15(17)13-5-4-6-14(16)11-13/h4-6,11-12,15H,7-10,17H2,1-3H3. The molecule has 0 aliphatic carbocycles. The molecule has 0 saturated heterocycles. The molecule has 1 aromatic rings. The van der Waals surface area contributed by atoms with Gasteiger partial charge in [0.05, 0.1) is 6.61 Å². The van der Waals surface area contributed by atoms with Crippen LogP contribution in [0.15, 0.2) is 24.3 Å². The van der Waals surface area contributed by atoms with Gasteiger partial charge in [0.2, 0.25) is 0 Å². The summed E-state index contributed by atoms with van der Waals surface area (Å²) in [4.78, 5) is 2.38. The van der Waals surface area contributed by atoms with Crippen molar-refractivity contribution < 1.29 is 4.74 Å². The molecule has 0 heterocycles. The van der Waals surface area contributed by atoms with Crippen LogP contribution in [0.3, 0.4) is 0 Å². The van der Waals surface area contributed by atoms with Crippen molar-refractivity contribution >= 4 is 11.6 Å². The molecule has 0 aliphatic rings. The average molecular weight is 285 g/mol. The average Bonchev–Trinajstić information content (AvgIpc) is 2.38. The van der Waals surface area contributed by atoms with Gasteiger partial charge in [-0.25, -0.2) is 0 Å². The Hall–Kier alpha value is -0.610. The fourth-order valence-electron chi connectivity index (χ4n) is 2.05. The number of ether oxygens (including phenoxy) is 1. The van der Waals surface area contributed by atoms with Crippen LogP contribution in [-0.2, 0) is 4.74 Å². The van der Waals surface area contributed by atoms with E-state index in [1.165, 1.54) is 0 Å². The van der Waals surface area contributed by atoms with E-state index in [2.05, 4.69) is 18.7 Å². The first-order valence-electron chi connectivity index (χ1n) is 6.78. The summed E-state index contributed by atoms with van der Waals surface area (Å²) in [6.45, 7) is 7.05. The zero-order valence-corrected chi connectivity index (χ0v) is 12.9. The maximum Gasteiger partial charge on any atom is 0.0589 e. The van der Waals surface area contributed by atoms with Gasteiger partial charge in [0.25, 0.3) is 0 Å². The molecular weight excluding hydrogens is 260 g/mol. The van der Waals surface area contributed by atoms with Crippen LogP contribution in [0, 0.1) is 0 Å². The highest BCUT2D eigenvalue weighted by Crippen LogP contribution is 2.19. The summed E-state index contributed by atoms with van der Waals surface area (Å²) >= 11 is 5.99. The fourth-order valence-corrected chi connectivity index (χ4v) is 2.24. The number of nitrogens with two attached hydrogens (primary N) is 1. The van der Waals surface area contributed by atoms with Gasteiger partial charge in [-0.2, -0.15) is 0 Å². The van der Waals surface area contributed by atoms with Crippen molar-refractivity contribution in [2.75, 3.05) is 26.8 Å². The Labute approximate surface area is 121 Å². The molecule has 0 amide bonds. The number of rotatable bonds is 8. The lowest BCUT2D eigenvalue weighted by Gasteiger charge is -2.27. The molecular formula is C15H25ClN2O. The Morgan fingerprint density at radius 2 is 2.05 bits per heavy atom. The van der Waals surface area contributed by atoms with E-state index in [1.807, 2.05) is 24.3 Å². The highest BCUT2D eigenvalue weighted by Gasteiger charge is 2.12. The summed E-state index contributed by atoms with van der Waals surface area (Å²) in [6, 6.07) is 8.33. The van der Waals surface area contributed by atoms with E-state index < -0.39 is 0 Å². The van der Waals surface area contributed by atoms with Gasteiger partial charge in [0, 0.05) is 37.3 Å². The quantitative estimate of drug-likeness (QED) is 0.797. The third-order valence-corrected chi connectivity index (χ3v) is 3.55. The maximum atomic E-state index is 6.22. The molecule has 2 N–H and O–H groups in total. The third-order valence-electron chi connectivity index (χ3n) is 3.32. The minimum atomic E-state index is 0.0301. The van der Waals surface area contributed by atoms with Crippen LogP contribution in [0.4, 0.5) is 0 Å². The molecule has 1 unspecified atom stereocenters. The highest BCUT2D eigenvalue weighted by atomic mass is 35.5. The van der Waals surface area contributed by atoms with E-state index >= 15 is 0 Å². The minimum absolute atomic E-state index is 0.0301. The number of nitrogens with zero attached hydrogens (tertiary/aromatic N) is 1. The smallest absolute Gasteiger partial charge is 0.0589 e. The molecule has 0 radical (unpaired) electrons. The van der Waals surface area contributed by atoms with Gasteiger partial charge < -0.3 is 10.5 Å². The van der Waals surface area contributed by atoms with Gasteiger partial charge in [0.1, 0.15) is 0 Å². The third kappa shape index (κ3) is 5.91. The summed E-state index contributed by atoms with van der Waals surface area (Å²) in [6.07, 6.45) is 0.919. The van der Waals surface area contributed by atoms with Crippen molar-refractivity contribution in [1.29, 1.82) is 0 Å². The second-order valence-electron chi connectivity index (χ2n) is 5.07. The number of halogens is 1. The van der Waals surface area contributed by atoms with Crippen LogP contribution in [0.25, 0.3) is 0 Å². The molecule has 1 aromatic carbocycles. The van der Waals surface area contributed by atoms with Crippen LogP contribution in [0.1, 0.15) is 31.9 Å². The maximum absolute atomic E-state index is 6.22. The monoisotopic (exact) mass is 284 g/mol. The molecule has 1 rings (SSSR count). The minimum Gasteiger partial charge on any atom is -0.383 e. The number of benzene rings is 1. The van der Waals surface area contributed by atoms with Gasteiger partial charge in [0.15, 0.2) is 0 Å². The predicted molar refractivity (Wildman–Crippen MR) is 81.6 cm³/mol. The number of hydrogen-bond acceptors (Lipinski definition) is 3. The van der Waals surface area contributed by atoms with Crippen molar-refractivity contribution in [3.63, 3.8) is 0 Å².